The van der Waals surface area contributed by atoms with E-state index in [1.807, 2.05) is 13.0 Å². The number of carbonyl (C=O) groups excluding carboxylic acids is 1. The molecule has 1 amide bonds. The van der Waals surface area contributed by atoms with Crippen molar-refractivity contribution in [3.8, 4) is 0 Å². The van der Waals surface area contributed by atoms with Crippen LogP contribution < -0.4 is 5.32 Å². The number of carbonyl (C=O) groups is 2. The molecule has 0 aliphatic heterocycles. The van der Waals surface area contributed by atoms with Gasteiger partial charge in [-0.1, -0.05) is 26.3 Å². The van der Waals surface area contributed by atoms with Gasteiger partial charge in [0, 0.05) is 17.2 Å². The SMILES string of the molecule is CCC1C=C(C(=O)N[C@@]2(C(=O)O)C[C@@H]2CC)[C@H]2CCC(=N)[C@H]2C1. The minimum Gasteiger partial charge on any atom is -0.479 e. The highest BCUT2D eigenvalue weighted by atomic mass is 16.4. The quantitative estimate of drug-likeness (QED) is 0.728. The van der Waals surface area contributed by atoms with Crippen LogP contribution in [0.1, 0.15) is 52.4 Å². The molecule has 0 spiro atoms. The number of hydrogen-bond donors (Lipinski definition) is 3. The number of amides is 1. The number of rotatable bonds is 5. The van der Waals surface area contributed by atoms with E-state index in [1.54, 1.807) is 0 Å². The van der Waals surface area contributed by atoms with Gasteiger partial charge >= 0.3 is 5.97 Å². The summed E-state index contributed by atoms with van der Waals surface area (Å²) in [5, 5.41) is 20.5. The Bertz CT molecular complexity index is 583. The van der Waals surface area contributed by atoms with Crippen LogP contribution in [0.3, 0.4) is 0 Å². The van der Waals surface area contributed by atoms with E-state index in [0.29, 0.717) is 12.3 Å². The third-order valence-corrected chi connectivity index (χ3v) is 6.13. The Morgan fingerprint density at radius 3 is 2.65 bits per heavy atom. The molecule has 5 heteroatoms. The minimum atomic E-state index is -1.06. The number of nitrogens with one attached hydrogen (secondary N) is 2. The van der Waals surface area contributed by atoms with Gasteiger partial charge in [0.1, 0.15) is 5.54 Å². The number of carboxylic acid groups (broad SMARTS) is 1. The van der Waals surface area contributed by atoms with Crippen LogP contribution >= 0.6 is 0 Å². The molecule has 0 radical (unpaired) electrons. The highest BCUT2D eigenvalue weighted by molar-refractivity contribution is 6.01. The van der Waals surface area contributed by atoms with Crippen molar-refractivity contribution in [3.05, 3.63) is 11.6 Å². The summed E-state index contributed by atoms with van der Waals surface area (Å²) in [5.74, 6) is -0.504. The lowest BCUT2D eigenvalue weighted by Gasteiger charge is -2.31. The Morgan fingerprint density at radius 1 is 1.35 bits per heavy atom. The molecule has 0 saturated heterocycles. The average Bonchev–Trinajstić information content (AvgIpc) is 3.14. The van der Waals surface area contributed by atoms with E-state index in [0.717, 1.165) is 43.4 Å². The summed E-state index contributed by atoms with van der Waals surface area (Å²) in [6, 6.07) is 0. The fraction of sp³-hybridized carbons (Fsp3) is 0.722. The highest BCUT2D eigenvalue weighted by Crippen LogP contribution is 2.48. The molecule has 3 aliphatic carbocycles. The smallest absolute Gasteiger partial charge is 0.329 e. The zero-order chi connectivity index (χ0) is 16.8. The molecule has 5 nitrogen and oxygen atoms in total. The second-order valence-corrected chi connectivity index (χ2v) is 7.34. The highest BCUT2D eigenvalue weighted by Gasteiger charge is 2.61. The largest absolute Gasteiger partial charge is 0.479 e. The molecule has 3 N–H and O–H groups in total. The second kappa shape index (κ2) is 5.77. The van der Waals surface area contributed by atoms with Crippen LogP contribution in [0.4, 0.5) is 0 Å². The molecule has 2 saturated carbocycles. The summed E-state index contributed by atoms with van der Waals surface area (Å²) in [5.41, 5.74) is 0.434. The maximum absolute atomic E-state index is 12.8. The van der Waals surface area contributed by atoms with E-state index >= 15 is 0 Å². The lowest BCUT2D eigenvalue weighted by atomic mass is 9.74. The van der Waals surface area contributed by atoms with Crippen LogP contribution in [0.2, 0.25) is 0 Å². The summed E-state index contributed by atoms with van der Waals surface area (Å²) >= 11 is 0. The Morgan fingerprint density at radius 2 is 2.09 bits per heavy atom. The van der Waals surface area contributed by atoms with Crippen LogP contribution in [0.5, 0.6) is 0 Å². The van der Waals surface area contributed by atoms with Gasteiger partial charge in [-0.25, -0.2) is 4.79 Å². The molecule has 23 heavy (non-hydrogen) atoms. The number of carboxylic acids is 1. The van der Waals surface area contributed by atoms with Gasteiger partial charge in [0.15, 0.2) is 0 Å². The zero-order valence-corrected chi connectivity index (χ0v) is 13.9. The van der Waals surface area contributed by atoms with Crippen molar-refractivity contribution >= 4 is 17.6 Å². The van der Waals surface area contributed by atoms with Gasteiger partial charge in [0.2, 0.25) is 5.91 Å². The van der Waals surface area contributed by atoms with Crippen molar-refractivity contribution in [2.24, 2.45) is 23.7 Å². The van der Waals surface area contributed by atoms with Crippen molar-refractivity contribution in [3.63, 3.8) is 0 Å². The summed E-state index contributed by atoms with van der Waals surface area (Å²) in [7, 11) is 0. The van der Waals surface area contributed by atoms with Crippen LogP contribution in [0, 0.1) is 29.1 Å². The number of hydrogen-bond acceptors (Lipinski definition) is 3. The minimum absolute atomic E-state index is 0.0350. The van der Waals surface area contributed by atoms with Gasteiger partial charge in [-0.2, -0.15) is 0 Å². The fourth-order valence-electron chi connectivity index (χ4n) is 4.49. The third-order valence-electron chi connectivity index (χ3n) is 6.13. The van der Waals surface area contributed by atoms with E-state index in [-0.39, 0.29) is 23.7 Å². The first-order valence-electron chi connectivity index (χ1n) is 8.77. The van der Waals surface area contributed by atoms with E-state index in [4.69, 9.17) is 5.41 Å². The maximum Gasteiger partial charge on any atom is 0.329 e. The first-order chi connectivity index (χ1) is 10.9. The molecule has 0 aromatic heterocycles. The number of fused-ring (bicyclic) bond motifs is 1. The van der Waals surface area contributed by atoms with E-state index < -0.39 is 11.5 Å². The Hall–Kier alpha value is -1.65. The van der Waals surface area contributed by atoms with E-state index in [2.05, 4.69) is 12.2 Å². The molecule has 3 aliphatic rings. The van der Waals surface area contributed by atoms with Crippen LogP contribution in [-0.4, -0.2) is 28.2 Å². The van der Waals surface area contributed by atoms with Gasteiger partial charge in [0.05, 0.1) is 0 Å². The second-order valence-electron chi connectivity index (χ2n) is 7.34. The van der Waals surface area contributed by atoms with Crippen LogP contribution in [0.25, 0.3) is 0 Å². The zero-order valence-electron chi connectivity index (χ0n) is 13.9. The third kappa shape index (κ3) is 2.60. The molecule has 126 valence electrons. The molecule has 1 unspecified atom stereocenters. The Balaban J connectivity index is 1.82. The van der Waals surface area contributed by atoms with Gasteiger partial charge in [0.25, 0.3) is 0 Å². The van der Waals surface area contributed by atoms with Crippen molar-refractivity contribution in [1.82, 2.24) is 5.32 Å². The molecular weight excluding hydrogens is 292 g/mol. The molecule has 0 bridgehead atoms. The summed E-state index contributed by atoms with van der Waals surface area (Å²) in [4.78, 5) is 24.4. The van der Waals surface area contributed by atoms with Crippen molar-refractivity contribution in [2.45, 2.75) is 57.9 Å². The monoisotopic (exact) mass is 318 g/mol. The lowest BCUT2D eigenvalue weighted by molar-refractivity contribution is -0.143. The molecule has 0 aromatic rings. The average molecular weight is 318 g/mol. The van der Waals surface area contributed by atoms with Gasteiger partial charge in [-0.3, -0.25) is 4.79 Å². The van der Waals surface area contributed by atoms with Gasteiger partial charge in [-0.15, -0.1) is 0 Å². The first kappa shape index (κ1) is 16.2. The predicted molar refractivity (Wildman–Crippen MR) is 87.3 cm³/mol. The molecule has 2 fully saturated rings. The molecule has 5 atom stereocenters. The van der Waals surface area contributed by atoms with Gasteiger partial charge < -0.3 is 15.8 Å². The standard InChI is InChI=1S/C18H26N2O3/c1-3-10-7-13-12(5-6-15(13)19)14(8-10)16(21)20-18(17(22)23)9-11(18)4-2/h8,10-13,19H,3-7,9H2,1-2H3,(H,20,21)(H,22,23)/t10?,11-,12-,13-,18-/m0/s1. The summed E-state index contributed by atoms with van der Waals surface area (Å²) in [6.45, 7) is 4.06. The lowest BCUT2D eigenvalue weighted by Crippen LogP contribution is -2.47. The topological polar surface area (TPSA) is 90.2 Å². The van der Waals surface area contributed by atoms with Crippen LogP contribution in [-0.2, 0) is 9.59 Å². The number of aliphatic carboxylic acids is 1. The molecular formula is C18H26N2O3. The molecule has 0 aromatic carbocycles. The Labute approximate surface area is 137 Å². The first-order valence-corrected chi connectivity index (χ1v) is 8.77. The molecule has 3 rings (SSSR count). The van der Waals surface area contributed by atoms with Crippen LogP contribution in [0.15, 0.2) is 11.6 Å². The van der Waals surface area contributed by atoms with E-state index in [9.17, 15) is 14.7 Å². The van der Waals surface area contributed by atoms with Gasteiger partial charge in [-0.05, 0) is 49.9 Å². The van der Waals surface area contributed by atoms with Crippen molar-refractivity contribution in [1.29, 1.82) is 5.41 Å². The van der Waals surface area contributed by atoms with Crippen molar-refractivity contribution in [2.75, 3.05) is 0 Å². The summed E-state index contributed by atoms with van der Waals surface area (Å²) < 4.78 is 0. The fourth-order valence-corrected chi connectivity index (χ4v) is 4.49. The predicted octanol–water partition coefficient (Wildman–Crippen LogP) is 2.76. The maximum atomic E-state index is 12.8. The Kier molecular flexibility index (Phi) is 4.07. The number of allylic oxidation sites excluding steroid dienone is 1. The summed E-state index contributed by atoms with van der Waals surface area (Å²) in [6.07, 6.45) is 6.86. The molecule has 0 heterocycles. The van der Waals surface area contributed by atoms with E-state index in [1.165, 1.54) is 0 Å². The normalized spacial score (nSPS) is 38.7. The van der Waals surface area contributed by atoms with Crippen molar-refractivity contribution < 1.29 is 14.7 Å².